The van der Waals surface area contributed by atoms with Gasteiger partial charge in [0.2, 0.25) is 0 Å². The van der Waals surface area contributed by atoms with Gasteiger partial charge in [0.05, 0.1) is 6.54 Å². The second kappa shape index (κ2) is 4.72. The van der Waals surface area contributed by atoms with Crippen LogP contribution in [0.25, 0.3) is 0 Å². The third kappa shape index (κ3) is 2.16. The molecule has 3 heterocycles. The van der Waals surface area contributed by atoms with Crippen molar-refractivity contribution in [3.63, 3.8) is 0 Å². The lowest BCUT2D eigenvalue weighted by molar-refractivity contribution is 0.0707. The minimum Gasteiger partial charge on any atom is -0.373 e. The van der Waals surface area contributed by atoms with Crippen LogP contribution in [-0.2, 0) is 13.1 Å². The van der Waals surface area contributed by atoms with Gasteiger partial charge in [-0.3, -0.25) is 4.79 Å². The van der Waals surface area contributed by atoms with Gasteiger partial charge < -0.3 is 14.8 Å². The van der Waals surface area contributed by atoms with Gasteiger partial charge in [-0.1, -0.05) is 0 Å². The number of nitrogens with one attached hydrogen (secondary N) is 1. The molecule has 6 nitrogen and oxygen atoms in total. The molecule has 0 aromatic carbocycles. The summed E-state index contributed by atoms with van der Waals surface area (Å²) in [5, 5.41) is 2.94. The minimum absolute atomic E-state index is 0.0214. The fourth-order valence-electron chi connectivity index (χ4n) is 2.23. The Hall–Kier alpha value is -2.37. The first-order valence-corrected chi connectivity index (χ1v) is 6.21. The van der Waals surface area contributed by atoms with E-state index in [1.807, 2.05) is 11.1 Å². The number of nitrogens with zero attached hydrogens (tertiary/aromatic N) is 4. The Morgan fingerprint density at radius 1 is 1.32 bits per heavy atom. The van der Waals surface area contributed by atoms with Gasteiger partial charge in [0.1, 0.15) is 11.6 Å². The van der Waals surface area contributed by atoms with Crippen LogP contribution >= 0.6 is 0 Å². The molecule has 1 aliphatic rings. The Labute approximate surface area is 111 Å². The molecular formula is C13H15N5O. The largest absolute Gasteiger partial charge is 0.373 e. The first-order chi connectivity index (χ1) is 9.28. The normalized spacial score (nSPS) is 14.1. The Morgan fingerprint density at radius 3 is 3.05 bits per heavy atom. The van der Waals surface area contributed by atoms with Crippen LogP contribution in [0.4, 0.5) is 5.82 Å². The lowest BCUT2D eigenvalue weighted by atomic mass is 10.2. The molecule has 0 unspecified atom stereocenters. The van der Waals surface area contributed by atoms with Gasteiger partial charge in [-0.2, -0.15) is 0 Å². The molecule has 1 N–H and O–H groups in total. The van der Waals surface area contributed by atoms with E-state index in [9.17, 15) is 4.79 Å². The Kier molecular flexibility index (Phi) is 2.91. The first-order valence-electron chi connectivity index (χ1n) is 6.21. The monoisotopic (exact) mass is 257 g/mol. The van der Waals surface area contributed by atoms with Crippen LogP contribution in [0.1, 0.15) is 16.2 Å². The average molecular weight is 257 g/mol. The summed E-state index contributed by atoms with van der Waals surface area (Å²) < 4.78 is 2.08. The zero-order valence-electron chi connectivity index (χ0n) is 10.7. The smallest absolute Gasteiger partial charge is 0.254 e. The van der Waals surface area contributed by atoms with E-state index in [2.05, 4.69) is 19.9 Å². The second-order valence-electron chi connectivity index (χ2n) is 4.44. The van der Waals surface area contributed by atoms with Crippen molar-refractivity contribution in [1.82, 2.24) is 19.4 Å². The molecule has 19 heavy (non-hydrogen) atoms. The molecule has 0 bridgehead atoms. The van der Waals surface area contributed by atoms with E-state index >= 15 is 0 Å². The Bertz CT molecular complexity index is 607. The summed E-state index contributed by atoms with van der Waals surface area (Å²) in [6.07, 6.45) is 5.36. The molecule has 0 saturated heterocycles. The number of pyridine rings is 1. The summed E-state index contributed by atoms with van der Waals surface area (Å²) in [4.78, 5) is 22.6. The van der Waals surface area contributed by atoms with Crippen LogP contribution in [-0.4, -0.2) is 38.9 Å². The fraction of sp³-hybridized carbons (Fsp3) is 0.308. The van der Waals surface area contributed by atoms with Crippen molar-refractivity contribution in [2.24, 2.45) is 0 Å². The van der Waals surface area contributed by atoms with Gasteiger partial charge in [0.25, 0.3) is 5.91 Å². The van der Waals surface area contributed by atoms with Gasteiger partial charge in [0.15, 0.2) is 0 Å². The third-order valence-electron chi connectivity index (χ3n) is 3.30. The van der Waals surface area contributed by atoms with E-state index in [4.69, 9.17) is 0 Å². The van der Waals surface area contributed by atoms with Gasteiger partial charge in [-0.25, -0.2) is 9.97 Å². The summed E-state index contributed by atoms with van der Waals surface area (Å²) in [6.45, 7) is 2.06. The Morgan fingerprint density at radius 2 is 2.21 bits per heavy atom. The Balaban J connectivity index is 1.81. The maximum atomic E-state index is 12.4. The van der Waals surface area contributed by atoms with Gasteiger partial charge in [-0.15, -0.1) is 0 Å². The standard InChI is InChI=1S/C13H15N5O/c1-14-11-8-10(2-3-15-11)13(19)18-7-6-17-5-4-16-12(17)9-18/h2-5,8H,6-7,9H2,1H3,(H,14,15). The van der Waals surface area contributed by atoms with Gasteiger partial charge >= 0.3 is 0 Å². The summed E-state index contributed by atoms with van der Waals surface area (Å²) in [5.74, 6) is 1.65. The molecule has 0 fully saturated rings. The number of anilines is 1. The molecule has 2 aromatic heterocycles. The molecule has 0 spiro atoms. The highest BCUT2D eigenvalue weighted by molar-refractivity contribution is 5.94. The van der Waals surface area contributed by atoms with Crippen LogP contribution < -0.4 is 5.32 Å². The molecule has 98 valence electrons. The zero-order chi connectivity index (χ0) is 13.2. The van der Waals surface area contributed by atoms with Gasteiger partial charge in [0, 0.05) is 44.3 Å². The number of rotatable bonds is 2. The highest BCUT2D eigenvalue weighted by atomic mass is 16.2. The van der Waals surface area contributed by atoms with E-state index in [1.165, 1.54) is 0 Å². The number of hydrogen-bond acceptors (Lipinski definition) is 4. The molecule has 0 aliphatic carbocycles. The number of aromatic nitrogens is 3. The van der Waals surface area contributed by atoms with E-state index in [0.29, 0.717) is 24.5 Å². The average Bonchev–Trinajstić information content (AvgIpc) is 2.94. The summed E-state index contributed by atoms with van der Waals surface area (Å²) >= 11 is 0. The number of carbonyl (C=O) groups excluding carboxylic acids is 1. The number of hydrogen-bond donors (Lipinski definition) is 1. The molecule has 0 saturated carbocycles. The maximum absolute atomic E-state index is 12.4. The van der Waals surface area contributed by atoms with Crippen LogP contribution in [0.3, 0.4) is 0 Å². The molecule has 0 radical (unpaired) electrons. The van der Waals surface area contributed by atoms with Crippen molar-refractivity contribution < 1.29 is 4.79 Å². The minimum atomic E-state index is 0.0214. The van der Waals surface area contributed by atoms with Crippen molar-refractivity contribution in [2.45, 2.75) is 13.1 Å². The molecular weight excluding hydrogens is 242 g/mol. The topological polar surface area (TPSA) is 63.1 Å². The summed E-state index contributed by atoms with van der Waals surface area (Å²) in [6, 6.07) is 3.51. The van der Waals surface area contributed by atoms with Crippen LogP contribution in [0.15, 0.2) is 30.7 Å². The summed E-state index contributed by atoms with van der Waals surface area (Å²) in [7, 11) is 1.79. The molecule has 3 rings (SSSR count). The number of amides is 1. The van der Waals surface area contributed by atoms with Crippen molar-refractivity contribution in [3.05, 3.63) is 42.1 Å². The van der Waals surface area contributed by atoms with E-state index < -0.39 is 0 Å². The zero-order valence-corrected chi connectivity index (χ0v) is 10.7. The van der Waals surface area contributed by atoms with E-state index in [0.717, 1.165) is 12.4 Å². The SMILES string of the molecule is CNc1cc(C(=O)N2CCn3ccnc3C2)ccn1. The maximum Gasteiger partial charge on any atom is 0.254 e. The van der Waals surface area contributed by atoms with Crippen molar-refractivity contribution >= 4 is 11.7 Å². The van der Waals surface area contributed by atoms with Crippen molar-refractivity contribution in [1.29, 1.82) is 0 Å². The fourth-order valence-corrected chi connectivity index (χ4v) is 2.23. The third-order valence-corrected chi connectivity index (χ3v) is 3.30. The molecule has 1 amide bonds. The summed E-state index contributed by atoms with van der Waals surface area (Å²) in [5.41, 5.74) is 0.652. The van der Waals surface area contributed by atoms with Crippen LogP contribution in [0.5, 0.6) is 0 Å². The quantitative estimate of drug-likeness (QED) is 0.871. The molecule has 6 heteroatoms. The lowest BCUT2D eigenvalue weighted by Crippen LogP contribution is -2.38. The van der Waals surface area contributed by atoms with Crippen LogP contribution in [0, 0.1) is 0 Å². The van der Waals surface area contributed by atoms with E-state index in [-0.39, 0.29) is 5.91 Å². The van der Waals surface area contributed by atoms with Gasteiger partial charge in [-0.05, 0) is 12.1 Å². The predicted molar refractivity (Wildman–Crippen MR) is 70.8 cm³/mol. The molecule has 2 aromatic rings. The van der Waals surface area contributed by atoms with Crippen molar-refractivity contribution in [2.75, 3.05) is 18.9 Å². The highest BCUT2D eigenvalue weighted by Gasteiger charge is 2.22. The first kappa shape index (κ1) is 11.7. The molecule has 0 atom stereocenters. The van der Waals surface area contributed by atoms with Crippen LogP contribution in [0.2, 0.25) is 0 Å². The second-order valence-corrected chi connectivity index (χ2v) is 4.44. The van der Waals surface area contributed by atoms with Crippen molar-refractivity contribution in [3.8, 4) is 0 Å². The highest BCUT2D eigenvalue weighted by Crippen LogP contribution is 2.15. The number of imidazole rings is 1. The number of carbonyl (C=O) groups is 1. The predicted octanol–water partition coefficient (Wildman–Crippen LogP) is 0.976. The lowest BCUT2D eigenvalue weighted by Gasteiger charge is -2.27. The van der Waals surface area contributed by atoms with E-state index in [1.54, 1.807) is 31.6 Å². The number of fused-ring (bicyclic) bond motifs is 1. The molecule has 1 aliphatic heterocycles.